The highest BCUT2D eigenvalue weighted by atomic mass is 16.5. The molecule has 4 heteroatoms. The summed E-state index contributed by atoms with van der Waals surface area (Å²) in [5.41, 5.74) is 0.930. The zero-order valence-electron chi connectivity index (χ0n) is 10.2. The Hall–Kier alpha value is -1.97. The first-order valence-corrected chi connectivity index (χ1v) is 5.51. The van der Waals surface area contributed by atoms with Gasteiger partial charge < -0.3 is 14.4 Å². The fraction of sp³-hybridized carbons (Fsp3) is 0.308. The number of hydrogen-bond acceptors (Lipinski definition) is 4. The van der Waals surface area contributed by atoms with E-state index in [1.807, 2.05) is 30.0 Å². The first-order chi connectivity index (χ1) is 8.15. The maximum absolute atomic E-state index is 11.1. The second-order valence-electron chi connectivity index (χ2n) is 3.77. The molecule has 0 atom stereocenters. The molecule has 1 aromatic rings. The van der Waals surface area contributed by atoms with Gasteiger partial charge in [-0.05, 0) is 26.0 Å². The average molecular weight is 233 g/mol. The lowest BCUT2D eigenvalue weighted by Gasteiger charge is -2.15. The second kappa shape index (κ2) is 4.49. The van der Waals surface area contributed by atoms with E-state index in [-0.39, 0.29) is 5.78 Å². The number of hydrogen-bond donors (Lipinski definition) is 0. The van der Waals surface area contributed by atoms with Gasteiger partial charge >= 0.3 is 0 Å². The molecular weight excluding hydrogens is 218 g/mol. The number of nitrogens with zero attached hydrogens (tertiary/aromatic N) is 1. The molecule has 2 rings (SSSR count). The quantitative estimate of drug-likeness (QED) is 0.751. The molecule has 1 heterocycles. The molecule has 0 radical (unpaired) electrons. The normalized spacial score (nSPS) is 15.7. The lowest BCUT2D eigenvalue weighted by molar-refractivity contribution is -0.112. The van der Waals surface area contributed by atoms with Crippen molar-refractivity contribution < 1.29 is 14.3 Å². The molecule has 1 aliphatic heterocycles. The van der Waals surface area contributed by atoms with Gasteiger partial charge in [0.15, 0.2) is 11.5 Å². The van der Waals surface area contributed by atoms with Crippen molar-refractivity contribution in [2.75, 3.05) is 18.6 Å². The van der Waals surface area contributed by atoms with Crippen molar-refractivity contribution >= 4 is 11.5 Å². The zero-order valence-corrected chi connectivity index (χ0v) is 10.2. The molecule has 1 aromatic carbocycles. The molecule has 0 spiro atoms. The highest BCUT2D eigenvalue weighted by molar-refractivity contribution is 5.89. The monoisotopic (exact) mass is 233 g/mol. The molecule has 0 unspecified atom stereocenters. The van der Waals surface area contributed by atoms with E-state index in [2.05, 4.69) is 0 Å². The van der Waals surface area contributed by atoms with Crippen LogP contribution in [0, 0.1) is 0 Å². The summed E-state index contributed by atoms with van der Waals surface area (Å²) in [5.74, 6) is 2.07. The summed E-state index contributed by atoms with van der Waals surface area (Å²) in [4.78, 5) is 13.1. The summed E-state index contributed by atoms with van der Waals surface area (Å²) in [6, 6.07) is 5.58. The third-order valence-corrected chi connectivity index (χ3v) is 2.58. The Morgan fingerprint density at radius 2 is 2.29 bits per heavy atom. The highest BCUT2D eigenvalue weighted by Gasteiger charge is 2.25. The van der Waals surface area contributed by atoms with Crippen molar-refractivity contribution in [1.29, 1.82) is 0 Å². The number of allylic oxidation sites excluding steroid dienone is 1. The third-order valence-electron chi connectivity index (χ3n) is 2.58. The second-order valence-corrected chi connectivity index (χ2v) is 3.77. The predicted octanol–water partition coefficient (Wildman–Crippen LogP) is 2.34. The maximum atomic E-state index is 11.1. The molecule has 0 saturated heterocycles. The molecule has 0 saturated carbocycles. The van der Waals surface area contributed by atoms with Gasteiger partial charge in [-0.3, -0.25) is 4.79 Å². The van der Waals surface area contributed by atoms with Crippen LogP contribution in [0.2, 0.25) is 0 Å². The van der Waals surface area contributed by atoms with Crippen LogP contribution in [0.15, 0.2) is 30.2 Å². The standard InChI is InChI=1S/C13H15NO3/c1-4-14-11-8-10(16-3)5-6-12(11)17-13(14)7-9(2)15/h5-8H,4H2,1-3H3/b13-7-. The van der Waals surface area contributed by atoms with E-state index in [1.165, 1.54) is 13.0 Å². The van der Waals surface area contributed by atoms with Crippen molar-refractivity contribution in [3.8, 4) is 11.5 Å². The number of benzene rings is 1. The van der Waals surface area contributed by atoms with E-state index in [1.54, 1.807) is 7.11 Å². The van der Waals surface area contributed by atoms with Crippen molar-refractivity contribution in [3.05, 3.63) is 30.2 Å². The maximum Gasteiger partial charge on any atom is 0.204 e. The summed E-state index contributed by atoms with van der Waals surface area (Å²) >= 11 is 0. The molecule has 4 nitrogen and oxygen atoms in total. The fourth-order valence-electron chi connectivity index (χ4n) is 1.82. The Labute approximate surface area is 100 Å². The Morgan fingerprint density at radius 1 is 1.53 bits per heavy atom. The van der Waals surface area contributed by atoms with Crippen LogP contribution in [0.4, 0.5) is 5.69 Å². The first-order valence-electron chi connectivity index (χ1n) is 5.51. The summed E-state index contributed by atoms with van der Waals surface area (Å²) in [7, 11) is 1.63. The van der Waals surface area contributed by atoms with Crippen LogP contribution in [0.25, 0.3) is 0 Å². The van der Waals surface area contributed by atoms with Gasteiger partial charge in [-0.15, -0.1) is 0 Å². The molecule has 0 fully saturated rings. The van der Waals surface area contributed by atoms with Crippen LogP contribution in [0.5, 0.6) is 11.5 Å². The molecule has 0 N–H and O–H groups in total. The molecule has 1 aliphatic rings. The number of fused-ring (bicyclic) bond motifs is 1. The van der Waals surface area contributed by atoms with E-state index < -0.39 is 0 Å². The summed E-state index contributed by atoms with van der Waals surface area (Å²) in [6.45, 7) is 4.25. The van der Waals surface area contributed by atoms with E-state index in [0.717, 1.165) is 23.7 Å². The number of ether oxygens (including phenoxy) is 2. The number of methoxy groups -OCH3 is 1. The van der Waals surface area contributed by atoms with E-state index in [4.69, 9.17) is 9.47 Å². The summed E-state index contributed by atoms with van der Waals surface area (Å²) in [5, 5.41) is 0. The number of rotatable bonds is 3. The van der Waals surface area contributed by atoms with Gasteiger partial charge in [0.05, 0.1) is 12.8 Å². The minimum Gasteiger partial charge on any atom is -0.497 e. The van der Waals surface area contributed by atoms with Crippen LogP contribution in [-0.4, -0.2) is 19.4 Å². The largest absolute Gasteiger partial charge is 0.497 e. The highest BCUT2D eigenvalue weighted by Crippen LogP contribution is 2.40. The van der Waals surface area contributed by atoms with Gasteiger partial charge in [0.2, 0.25) is 5.88 Å². The van der Waals surface area contributed by atoms with Crippen molar-refractivity contribution in [2.45, 2.75) is 13.8 Å². The first kappa shape index (κ1) is 11.5. The minimum absolute atomic E-state index is 0.0294. The van der Waals surface area contributed by atoms with Gasteiger partial charge in [-0.2, -0.15) is 0 Å². The number of carbonyl (C=O) groups is 1. The molecule has 0 aliphatic carbocycles. The topological polar surface area (TPSA) is 38.8 Å². The number of carbonyl (C=O) groups excluding carboxylic acids is 1. The van der Waals surface area contributed by atoms with E-state index in [9.17, 15) is 4.79 Å². The lowest BCUT2D eigenvalue weighted by atomic mass is 10.2. The molecule has 17 heavy (non-hydrogen) atoms. The Kier molecular flexibility index (Phi) is 3.04. The van der Waals surface area contributed by atoms with Crippen molar-refractivity contribution in [1.82, 2.24) is 0 Å². The van der Waals surface area contributed by atoms with Gasteiger partial charge in [-0.25, -0.2) is 0 Å². The van der Waals surface area contributed by atoms with Gasteiger partial charge in [0.25, 0.3) is 0 Å². The van der Waals surface area contributed by atoms with Gasteiger partial charge in [0.1, 0.15) is 5.75 Å². The Morgan fingerprint density at radius 3 is 2.88 bits per heavy atom. The van der Waals surface area contributed by atoms with Crippen LogP contribution < -0.4 is 14.4 Å². The Bertz CT molecular complexity index is 480. The smallest absolute Gasteiger partial charge is 0.204 e. The zero-order chi connectivity index (χ0) is 12.4. The van der Waals surface area contributed by atoms with Crippen LogP contribution in [0.1, 0.15) is 13.8 Å². The fourth-order valence-corrected chi connectivity index (χ4v) is 1.82. The SMILES string of the molecule is CCN1/C(=C/C(C)=O)Oc2ccc(OC)cc21. The van der Waals surface area contributed by atoms with Crippen molar-refractivity contribution in [2.24, 2.45) is 0 Å². The molecular formula is C13H15NO3. The number of anilines is 1. The van der Waals surface area contributed by atoms with Crippen LogP contribution in [-0.2, 0) is 4.79 Å². The minimum atomic E-state index is -0.0294. The van der Waals surface area contributed by atoms with Crippen LogP contribution in [0.3, 0.4) is 0 Å². The third kappa shape index (κ3) is 2.11. The predicted molar refractivity (Wildman–Crippen MR) is 65.4 cm³/mol. The Balaban J connectivity index is 2.42. The van der Waals surface area contributed by atoms with Crippen LogP contribution >= 0.6 is 0 Å². The number of ketones is 1. The average Bonchev–Trinajstić information content (AvgIpc) is 2.63. The molecule has 90 valence electrons. The summed E-state index contributed by atoms with van der Waals surface area (Å²) < 4.78 is 10.8. The van der Waals surface area contributed by atoms with Gasteiger partial charge in [-0.1, -0.05) is 0 Å². The van der Waals surface area contributed by atoms with E-state index in [0.29, 0.717) is 5.88 Å². The van der Waals surface area contributed by atoms with Gasteiger partial charge in [0, 0.05) is 18.7 Å². The molecule has 0 bridgehead atoms. The lowest BCUT2D eigenvalue weighted by Crippen LogP contribution is -2.20. The summed E-state index contributed by atoms with van der Waals surface area (Å²) in [6.07, 6.45) is 1.50. The molecule has 0 amide bonds. The van der Waals surface area contributed by atoms with E-state index >= 15 is 0 Å². The molecule has 0 aromatic heterocycles. The van der Waals surface area contributed by atoms with Crippen molar-refractivity contribution in [3.63, 3.8) is 0 Å².